The molecule has 2 aromatic rings. The molecule has 2 rings (SSSR count). The average molecular weight is 189 g/mol. The van der Waals surface area contributed by atoms with Crippen molar-refractivity contribution in [1.82, 2.24) is 5.32 Å². The SMILES string of the molecule is CNCCc1cc2ccc(C)cc2o1. The van der Waals surface area contributed by atoms with E-state index < -0.39 is 0 Å². The normalized spacial score (nSPS) is 11.0. The van der Waals surface area contributed by atoms with E-state index >= 15 is 0 Å². The molecule has 0 radical (unpaired) electrons. The molecule has 2 heteroatoms. The quantitative estimate of drug-likeness (QED) is 0.802. The second-order valence-electron chi connectivity index (χ2n) is 3.61. The smallest absolute Gasteiger partial charge is 0.134 e. The molecule has 2 nitrogen and oxygen atoms in total. The van der Waals surface area contributed by atoms with E-state index in [4.69, 9.17) is 4.42 Å². The number of likely N-dealkylation sites (N-methyl/N-ethyl adjacent to an activating group) is 1. The molecule has 0 unspecified atom stereocenters. The molecule has 0 aliphatic heterocycles. The molecule has 1 N–H and O–H groups in total. The van der Waals surface area contributed by atoms with Gasteiger partial charge in [-0.1, -0.05) is 12.1 Å². The predicted molar refractivity (Wildman–Crippen MR) is 58.6 cm³/mol. The monoisotopic (exact) mass is 189 g/mol. The molecule has 14 heavy (non-hydrogen) atoms. The van der Waals surface area contributed by atoms with Crippen LogP contribution in [0.5, 0.6) is 0 Å². The molecular weight excluding hydrogens is 174 g/mol. The predicted octanol–water partition coefficient (Wildman–Crippen LogP) is 2.50. The second kappa shape index (κ2) is 3.84. The van der Waals surface area contributed by atoms with Crippen molar-refractivity contribution in [3.63, 3.8) is 0 Å². The van der Waals surface area contributed by atoms with Crippen LogP contribution in [0.2, 0.25) is 0 Å². The molecule has 0 saturated heterocycles. The highest BCUT2D eigenvalue weighted by Gasteiger charge is 2.02. The van der Waals surface area contributed by atoms with Crippen LogP contribution >= 0.6 is 0 Å². The molecule has 1 aromatic carbocycles. The number of furan rings is 1. The molecule has 0 fully saturated rings. The fourth-order valence-electron chi connectivity index (χ4n) is 1.56. The molecule has 0 spiro atoms. The molecule has 0 amide bonds. The molecular formula is C12H15NO. The Morgan fingerprint density at radius 1 is 1.29 bits per heavy atom. The fourth-order valence-corrected chi connectivity index (χ4v) is 1.56. The third-order valence-corrected chi connectivity index (χ3v) is 2.35. The van der Waals surface area contributed by atoms with E-state index in [9.17, 15) is 0 Å². The van der Waals surface area contributed by atoms with E-state index in [2.05, 4.69) is 36.5 Å². The van der Waals surface area contributed by atoms with Gasteiger partial charge in [0.2, 0.25) is 0 Å². The van der Waals surface area contributed by atoms with E-state index in [1.807, 2.05) is 7.05 Å². The molecule has 1 heterocycles. The summed E-state index contributed by atoms with van der Waals surface area (Å²) in [6, 6.07) is 8.42. The lowest BCUT2D eigenvalue weighted by Crippen LogP contribution is -2.09. The molecule has 0 aliphatic carbocycles. The van der Waals surface area contributed by atoms with Crippen LogP contribution in [0, 0.1) is 6.92 Å². The van der Waals surface area contributed by atoms with Crippen LogP contribution in [-0.4, -0.2) is 13.6 Å². The lowest BCUT2D eigenvalue weighted by atomic mass is 10.2. The highest BCUT2D eigenvalue weighted by atomic mass is 16.3. The summed E-state index contributed by atoms with van der Waals surface area (Å²) in [5, 5.41) is 4.31. The zero-order valence-corrected chi connectivity index (χ0v) is 8.63. The number of rotatable bonds is 3. The molecule has 1 aromatic heterocycles. The minimum Gasteiger partial charge on any atom is -0.461 e. The number of benzene rings is 1. The van der Waals surface area contributed by atoms with Gasteiger partial charge < -0.3 is 9.73 Å². The van der Waals surface area contributed by atoms with E-state index in [-0.39, 0.29) is 0 Å². The van der Waals surface area contributed by atoms with Gasteiger partial charge in [0.05, 0.1) is 0 Å². The lowest BCUT2D eigenvalue weighted by molar-refractivity contribution is 0.541. The van der Waals surface area contributed by atoms with Crippen LogP contribution in [-0.2, 0) is 6.42 Å². The summed E-state index contributed by atoms with van der Waals surface area (Å²) < 4.78 is 5.71. The zero-order valence-electron chi connectivity index (χ0n) is 8.63. The van der Waals surface area contributed by atoms with Crippen molar-refractivity contribution in [3.8, 4) is 0 Å². The Balaban J connectivity index is 2.32. The van der Waals surface area contributed by atoms with Gasteiger partial charge in [-0.2, -0.15) is 0 Å². The first kappa shape index (κ1) is 9.28. The van der Waals surface area contributed by atoms with E-state index in [0.29, 0.717) is 0 Å². The van der Waals surface area contributed by atoms with E-state index in [1.165, 1.54) is 10.9 Å². The number of nitrogens with one attached hydrogen (secondary N) is 1. The Kier molecular flexibility index (Phi) is 2.55. The molecule has 74 valence electrons. The van der Waals surface area contributed by atoms with Gasteiger partial charge in [-0.05, 0) is 31.7 Å². The van der Waals surface area contributed by atoms with Crippen LogP contribution in [0.4, 0.5) is 0 Å². The van der Waals surface area contributed by atoms with Crippen LogP contribution in [0.1, 0.15) is 11.3 Å². The standard InChI is InChI=1S/C12H15NO/c1-9-3-4-10-8-11(5-6-13-2)14-12(10)7-9/h3-4,7-8,13H,5-6H2,1-2H3. The summed E-state index contributed by atoms with van der Waals surface area (Å²) in [6.07, 6.45) is 0.949. The zero-order chi connectivity index (χ0) is 9.97. The first-order valence-corrected chi connectivity index (χ1v) is 4.93. The van der Waals surface area contributed by atoms with Crippen LogP contribution in [0.3, 0.4) is 0 Å². The summed E-state index contributed by atoms with van der Waals surface area (Å²) in [4.78, 5) is 0. The third kappa shape index (κ3) is 1.80. The minimum absolute atomic E-state index is 0.949. The Morgan fingerprint density at radius 2 is 2.14 bits per heavy atom. The third-order valence-electron chi connectivity index (χ3n) is 2.35. The van der Waals surface area contributed by atoms with Gasteiger partial charge in [0.15, 0.2) is 0 Å². The Morgan fingerprint density at radius 3 is 2.93 bits per heavy atom. The van der Waals surface area contributed by atoms with Crippen molar-refractivity contribution >= 4 is 11.0 Å². The van der Waals surface area contributed by atoms with Crippen molar-refractivity contribution < 1.29 is 4.42 Å². The van der Waals surface area contributed by atoms with Gasteiger partial charge in [0, 0.05) is 18.4 Å². The Labute approximate surface area is 83.9 Å². The van der Waals surface area contributed by atoms with Gasteiger partial charge in [-0.3, -0.25) is 0 Å². The second-order valence-corrected chi connectivity index (χ2v) is 3.61. The maximum absolute atomic E-state index is 5.71. The maximum atomic E-state index is 5.71. The van der Waals surface area contributed by atoms with Crippen LogP contribution in [0.15, 0.2) is 28.7 Å². The number of hydrogen-bond acceptors (Lipinski definition) is 2. The Hall–Kier alpha value is -1.28. The fraction of sp³-hybridized carbons (Fsp3) is 0.333. The molecule has 0 atom stereocenters. The van der Waals surface area contributed by atoms with Crippen molar-refractivity contribution in [2.45, 2.75) is 13.3 Å². The Bertz CT molecular complexity index is 431. The van der Waals surface area contributed by atoms with Gasteiger partial charge in [0.25, 0.3) is 0 Å². The van der Waals surface area contributed by atoms with Crippen LogP contribution in [0.25, 0.3) is 11.0 Å². The summed E-state index contributed by atoms with van der Waals surface area (Å²) in [5.41, 5.74) is 2.24. The van der Waals surface area contributed by atoms with E-state index in [0.717, 1.165) is 24.3 Å². The van der Waals surface area contributed by atoms with Crippen molar-refractivity contribution in [3.05, 3.63) is 35.6 Å². The highest BCUT2D eigenvalue weighted by Crippen LogP contribution is 2.20. The molecule has 0 aliphatic rings. The minimum atomic E-state index is 0.949. The van der Waals surface area contributed by atoms with Crippen molar-refractivity contribution in [1.29, 1.82) is 0 Å². The number of fused-ring (bicyclic) bond motifs is 1. The van der Waals surface area contributed by atoms with E-state index in [1.54, 1.807) is 0 Å². The average Bonchev–Trinajstić information content (AvgIpc) is 2.56. The molecule has 0 bridgehead atoms. The largest absolute Gasteiger partial charge is 0.461 e. The van der Waals surface area contributed by atoms with Gasteiger partial charge in [-0.15, -0.1) is 0 Å². The van der Waals surface area contributed by atoms with Gasteiger partial charge in [0.1, 0.15) is 11.3 Å². The van der Waals surface area contributed by atoms with Crippen LogP contribution < -0.4 is 5.32 Å². The topological polar surface area (TPSA) is 25.2 Å². The van der Waals surface area contributed by atoms with Crippen molar-refractivity contribution in [2.24, 2.45) is 0 Å². The number of hydrogen-bond donors (Lipinski definition) is 1. The van der Waals surface area contributed by atoms with Gasteiger partial charge >= 0.3 is 0 Å². The first-order chi connectivity index (χ1) is 6.79. The summed E-state index contributed by atoms with van der Waals surface area (Å²) in [5.74, 6) is 1.06. The number of aryl methyl sites for hydroxylation is 1. The van der Waals surface area contributed by atoms with Gasteiger partial charge in [-0.25, -0.2) is 0 Å². The molecule has 0 saturated carbocycles. The summed E-state index contributed by atoms with van der Waals surface area (Å²) >= 11 is 0. The summed E-state index contributed by atoms with van der Waals surface area (Å²) in [7, 11) is 1.95. The first-order valence-electron chi connectivity index (χ1n) is 4.93. The lowest BCUT2D eigenvalue weighted by Gasteiger charge is -1.93. The highest BCUT2D eigenvalue weighted by molar-refractivity contribution is 5.78. The summed E-state index contributed by atoms with van der Waals surface area (Å²) in [6.45, 7) is 3.04. The maximum Gasteiger partial charge on any atom is 0.134 e. The van der Waals surface area contributed by atoms with Crippen molar-refractivity contribution in [2.75, 3.05) is 13.6 Å².